The second-order valence-electron chi connectivity index (χ2n) is 7.19. The molecule has 2 unspecified atom stereocenters. The molecule has 2 atom stereocenters. The normalized spacial score (nSPS) is 21.6. The number of rotatable bonds is 5. The summed E-state index contributed by atoms with van der Waals surface area (Å²) in [5, 5.41) is 5.95. The van der Waals surface area contributed by atoms with Crippen LogP contribution in [-0.4, -0.2) is 73.9 Å². The van der Waals surface area contributed by atoms with E-state index in [4.69, 9.17) is 0 Å². The predicted molar refractivity (Wildman–Crippen MR) is 96.8 cm³/mol. The molecule has 1 heterocycles. The van der Waals surface area contributed by atoms with E-state index in [9.17, 15) is 9.59 Å². The molecule has 0 aromatic heterocycles. The van der Waals surface area contributed by atoms with E-state index in [0.717, 1.165) is 19.5 Å². The molecule has 138 valence electrons. The molecule has 0 saturated carbocycles. The maximum Gasteiger partial charge on any atom is 0.242 e. The number of nitrogens with one attached hydrogen (secondary N) is 2. The van der Waals surface area contributed by atoms with E-state index in [0.29, 0.717) is 17.8 Å². The van der Waals surface area contributed by atoms with Crippen LogP contribution in [-0.2, 0) is 9.59 Å². The Morgan fingerprint density at radius 1 is 1.25 bits per heavy atom. The second kappa shape index (κ2) is 9.49. The third-order valence-electron chi connectivity index (χ3n) is 4.35. The maximum absolute atomic E-state index is 11.9. The van der Waals surface area contributed by atoms with Gasteiger partial charge in [-0.1, -0.05) is 13.8 Å². The predicted octanol–water partition coefficient (Wildman–Crippen LogP) is 0.523. The SMILES string of the molecule is CC(C)NC(=O)CN=C(NCC(=O)N(C)C)N1CCC(C)C(C)C1. The van der Waals surface area contributed by atoms with Gasteiger partial charge in [0.1, 0.15) is 6.54 Å². The molecule has 1 fully saturated rings. The van der Waals surface area contributed by atoms with Crippen molar-refractivity contribution < 1.29 is 9.59 Å². The van der Waals surface area contributed by atoms with Crippen LogP contribution in [0.2, 0.25) is 0 Å². The minimum Gasteiger partial charge on any atom is -0.352 e. The average Bonchev–Trinajstić information content (AvgIpc) is 2.49. The van der Waals surface area contributed by atoms with Crippen molar-refractivity contribution in [2.24, 2.45) is 16.8 Å². The fourth-order valence-corrected chi connectivity index (χ4v) is 2.55. The molecule has 0 radical (unpaired) electrons. The van der Waals surface area contributed by atoms with Crippen molar-refractivity contribution in [1.82, 2.24) is 20.4 Å². The van der Waals surface area contributed by atoms with Crippen LogP contribution in [0.4, 0.5) is 0 Å². The van der Waals surface area contributed by atoms with Gasteiger partial charge in [-0.05, 0) is 32.1 Å². The molecule has 1 rings (SSSR count). The zero-order valence-corrected chi connectivity index (χ0v) is 15.9. The highest BCUT2D eigenvalue weighted by molar-refractivity contribution is 5.88. The molecular weight excluding hydrogens is 306 g/mol. The lowest BCUT2D eigenvalue weighted by Gasteiger charge is -2.37. The number of likely N-dealkylation sites (N-methyl/N-ethyl adjacent to an activating group) is 1. The fraction of sp³-hybridized carbons (Fsp3) is 0.824. The van der Waals surface area contributed by atoms with Gasteiger partial charge in [0, 0.05) is 33.2 Å². The molecule has 7 heteroatoms. The van der Waals surface area contributed by atoms with E-state index >= 15 is 0 Å². The van der Waals surface area contributed by atoms with Gasteiger partial charge in [0.25, 0.3) is 0 Å². The molecule has 0 spiro atoms. The van der Waals surface area contributed by atoms with E-state index in [-0.39, 0.29) is 30.9 Å². The summed E-state index contributed by atoms with van der Waals surface area (Å²) in [6.45, 7) is 10.3. The summed E-state index contributed by atoms with van der Waals surface area (Å²) < 4.78 is 0. The number of aliphatic imine (C=N–C) groups is 1. The minimum absolute atomic E-state index is 0.0206. The molecule has 2 N–H and O–H groups in total. The Hall–Kier alpha value is -1.79. The zero-order chi connectivity index (χ0) is 18.3. The van der Waals surface area contributed by atoms with Gasteiger partial charge in [0.05, 0.1) is 6.54 Å². The Balaban J connectivity index is 2.74. The smallest absolute Gasteiger partial charge is 0.242 e. The molecule has 0 aromatic rings. The number of hydrogen-bond donors (Lipinski definition) is 2. The van der Waals surface area contributed by atoms with Crippen LogP contribution in [0.25, 0.3) is 0 Å². The largest absolute Gasteiger partial charge is 0.352 e. The first-order chi connectivity index (χ1) is 11.2. The number of nitrogens with zero attached hydrogens (tertiary/aromatic N) is 3. The maximum atomic E-state index is 11.9. The van der Waals surface area contributed by atoms with Crippen LogP contribution in [0.1, 0.15) is 34.1 Å². The summed E-state index contributed by atoms with van der Waals surface area (Å²) in [6.07, 6.45) is 1.09. The number of amides is 2. The van der Waals surface area contributed by atoms with Crippen LogP contribution in [0.15, 0.2) is 4.99 Å². The van der Waals surface area contributed by atoms with Gasteiger partial charge in [-0.15, -0.1) is 0 Å². The van der Waals surface area contributed by atoms with Crippen molar-refractivity contribution in [3.8, 4) is 0 Å². The summed E-state index contributed by atoms with van der Waals surface area (Å²) >= 11 is 0. The molecule has 24 heavy (non-hydrogen) atoms. The topological polar surface area (TPSA) is 77.0 Å². The van der Waals surface area contributed by atoms with Gasteiger partial charge in [-0.2, -0.15) is 0 Å². The van der Waals surface area contributed by atoms with Crippen molar-refractivity contribution in [2.75, 3.05) is 40.3 Å². The molecule has 7 nitrogen and oxygen atoms in total. The Labute approximate surface area is 145 Å². The number of guanidine groups is 1. The lowest BCUT2D eigenvalue weighted by atomic mass is 9.89. The Bertz CT molecular complexity index is 462. The van der Waals surface area contributed by atoms with Crippen LogP contribution >= 0.6 is 0 Å². The minimum atomic E-state index is -0.110. The van der Waals surface area contributed by atoms with E-state index in [1.54, 1.807) is 14.1 Å². The van der Waals surface area contributed by atoms with Gasteiger partial charge in [-0.25, -0.2) is 4.99 Å². The monoisotopic (exact) mass is 339 g/mol. The Kier molecular flexibility index (Phi) is 8.01. The third-order valence-corrected chi connectivity index (χ3v) is 4.35. The van der Waals surface area contributed by atoms with Crippen LogP contribution < -0.4 is 10.6 Å². The van der Waals surface area contributed by atoms with Crippen molar-refractivity contribution in [3.63, 3.8) is 0 Å². The summed E-state index contributed by atoms with van der Waals surface area (Å²) in [4.78, 5) is 31.8. The number of piperidine rings is 1. The summed E-state index contributed by atoms with van der Waals surface area (Å²) in [5.74, 6) is 1.74. The molecule has 1 aliphatic heterocycles. The molecule has 0 aliphatic carbocycles. The zero-order valence-electron chi connectivity index (χ0n) is 15.9. The molecule has 1 saturated heterocycles. The second-order valence-corrected chi connectivity index (χ2v) is 7.19. The highest BCUT2D eigenvalue weighted by Gasteiger charge is 2.25. The summed E-state index contributed by atoms with van der Waals surface area (Å²) in [6, 6.07) is 0.0929. The highest BCUT2D eigenvalue weighted by Crippen LogP contribution is 2.22. The van der Waals surface area contributed by atoms with E-state index in [2.05, 4.69) is 34.4 Å². The summed E-state index contributed by atoms with van der Waals surface area (Å²) in [5.41, 5.74) is 0. The first-order valence-electron chi connectivity index (χ1n) is 8.73. The fourth-order valence-electron chi connectivity index (χ4n) is 2.55. The van der Waals surface area contributed by atoms with Gasteiger partial charge >= 0.3 is 0 Å². The lowest BCUT2D eigenvalue weighted by Crippen LogP contribution is -2.50. The van der Waals surface area contributed by atoms with Gasteiger partial charge in [0.15, 0.2) is 5.96 Å². The summed E-state index contributed by atoms with van der Waals surface area (Å²) in [7, 11) is 3.45. The van der Waals surface area contributed by atoms with Crippen molar-refractivity contribution >= 4 is 17.8 Å². The van der Waals surface area contributed by atoms with Crippen molar-refractivity contribution in [2.45, 2.75) is 40.2 Å². The highest BCUT2D eigenvalue weighted by atomic mass is 16.2. The third kappa shape index (κ3) is 6.76. The first kappa shape index (κ1) is 20.3. The number of carbonyl (C=O) groups excluding carboxylic acids is 2. The average molecular weight is 339 g/mol. The lowest BCUT2D eigenvalue weighted by molar-refractivity contribution is -0.127. The number of likely N-dealkylation sites (tertiary alicyclic amines) is 1. The van der Waals surface area contributed by atoms with Crippen LogP contribution in [0.3, 0.4) is 0 Å². The molecule has 2 amide bonds. The standard InChI is InChI=1S/C17H33N5O2/c1-12(2)20-15(23)9-18-17(19-10-16(24)21(5)6)22-8-7-13(3)14(4)11-22/h12-14H,7-11H2,1-6H3,(H,18,19)(H,20,23). The molecular formula is C17H33N5O2. The van der Waals surface area contributed by atoms with Gasteiger partial charge in [-0.3, -0.25) is 9.59 Å². The van der Waals surface area contributed by atoms with Crippen LogP contribution in [0, 0.1) is 11.8 Å². The van der Waals surface area contributed by atoms with E-state index in [1.165, 1.54) is 4.90 Å². The van der Waals surface area contributed by atoms with Gasteiger partial charge in [0.2, 0.25) is 11.8 Å². The van der Waals surface area contributed by atoms with E-state index < -0.39 is 0 Å². The van der Waals surface area contributed by atoms with Gasteiger partial charge < -0.3 is 20.4 Å². The van der Waals surface area contributed by atoms with Crippen LogP contribution in [0.5, 0.6) is 0 Å². The Morgan fingerprint density at radius 3 is 2.46 bits per heavy atom. The quantitative estimate of drug-likeness (QED) is 0.566. The number of hydrogen-bond acceptors (Lipinski definition) is 3. The molecule has 1 aliphatic rings. The first-order valence-corrected chi connectivity index (χ1v) is 8.73. The Morgan fingerprint density at radius 2 is 1.92 bits per heavy atom. The van der Waals surface area contributed by atoms with E-state index in [1.807, 2.05) is 13.8 Å². The van der Waals surface area contributed by atoms with Crippen molar-refractivity contribution in [3.05, 3.63) is 0 Å². The number of carbonyl (C=O) groups is 2. The molecule has 0 aromatic carbocycles. The van der Waals surface area contributed by atoms with Crippen molar-refractivity contribution in [1.29, 1.82) is 0 Å². The molecule has 0 bridgehead atoms.